The van der Waals surface area contributed by atoms with Gasteiger partial charge in [-0.25, -0.2) is 4.98 Å². The van der Waals surface area contributed by atoms with Crippen LogP contribution in [0.3, 0.4) is 0 Å². The Labute approximate surface area is 155 Å². The SMILES string of the molecule is CN=C(NCCn1ccnc1)NCc1ccc(C(F)(F)F)cc1.I. The van der Waals surface area contributed by atoms with Crippen molar-refractivity contribution in [3.63, 3.8) is 0 Å². The summed E-state index contributed by atoms with van der Waals surface area (Å²) >= 11 is 0. The van der Waals surface area contributed by atoms with E-state index in [1.807, 2.05) is 10.8 Å². The number of aliphatic imine (C=N–C) groups is 1. The first-order valence-electron chi connectivity index (χ1n) is 7.05. The van der Waals surface area contributed by atoms with Crippen molar-refractivity contribution in [3.05, 3.63) is 54.1 Å². The topological polar surface area (TPSA) is 54.2 Å². The largest absolute Gasteiger partial charge is 0.416 e. The number of rotatable bonds is 5. The maximum atomic E-state index is 12.5. The summed E-state index contributed by atoms with van der Waals surface area (Å²) in [5, 5.41) is 6.18. The molecule has 0 spiro atoms. The molecule has 24 heavy (non-hydrogen) atoms. The molecule has 0 aliphatic rings. The Hall–Kier alpha value is -1.78. The highest BCUT2D eigenvalue weighted by molar-refractivity contribution is 14.0. The van der Waals surface area contributed by atoms with E-state index in [4.69, 9.17) is 0 Å². The summed E-state index contributed by atoms with van der Waals surface area (Å²) in [4.78, 5) is 8.02. The van der Waals surface area contributed by atoms with Gasteiger partial charge in [-0.1, -0.05) is 12.1 Å². The lowest BCUT2D eigenvalue weighted by atomic mass is 10.1. The Morgan fingerprint density at radius 1 is 1.21 bits per heavy atom. The van der Waals surface area contributed by atoms with E-state index in [1.165, 1.54) is 12.1 Å². The zero-order valence-corrected chi connectivity index (χ0v) is 15.4. The molecule has 0 saturated heterocycles. The number of nitrogens with zero attached hydrogens (tertiary/aromatic N) is 3. The molecule has 9 heteroatoms. The van der Waals surface area contributed by atoms with Crippen LogP contribution in [-0.2, 0) is 19.3 Å². The third-order valence-corrected chi connectivity index (χ3v) is 3.19. The fourth-order valence-corrected chi connectivity index (χ4v) is 1.94. The number of benzene rings is 1. The molecular formula is C15H19F3IN5. The zero-order chi connectivity index (χ0) is 16.7. The number of nitrogens with one attached hydrogen (secondary N) is 2. The highest BCUT2D eigenvalue weighted by atomic mass is 127. The Balaban J connectivity index is 0.00000288. The van der Waals surface area contributed by atoms with Gasteiger partial charge in [0.05, 0.1) is 11.9 Å². The van der Waals surface area contributed by atoms with E-state index in [9.17, 15) is 13.2 Å². The molecule has 0 atom stereocenters. The van der Waals surface area contributed by atoms with Crippen LogP contribution in [0, 0.1) is 0 Å². The van der Waals surface area contributed by atoms with Crippen LogP contribution in [0.1, 0.15) is 11.1 Å². The lowest BCUT2D eigenvalue weighted by Gasteiger charge is -2.13. The molecule has 1 aromatic carbocycles. The van der Waals surface area contributed by atoms with Gasteiger partial charge in [-0.3, -0.25) is 4.99 Å². The van der Waals surface area contributed by atoms with Gasteiger partial charge in [0, 0.05) is 39.1 Å². The van der Waals surface area contributed by atoms with Crippen molar-refractivity contribution in [1.29, 1.82) is 0 Å². The minimum absolute atomic E-state index is 0. The van der Waals surface area contributed by atoms with E-state index in [2.05, 4.69) is 20.6 Å². The molecule has 0 unspecified atom stereocenters. The fourth-order valence-electron chi connectivity index (χ4n) is 1.94. The second-order valence-corrected chi connectivity index (χ2v) is 4.85. The van der Waals surface area contributed by atoms with Crippen LogP contribution in [0.5, 0.6) is 0 Å². The monoisotopic (exact) mass is 453 g/mol. The number of halogens is 4. The Bertz CT molecular complexity index is 624. The molecule has 0 radical (unpaired) electrons. The van der Waals surface area contributed by atoms with Crippen LogP contribution in [0.15, 0.2) is 48.0 Å². The van der Waals surface area contributed by atoms with Gasteiger partial charge in [0.15, 0.2) is 5.96 Å². The predicted molar refractivity (Wildman–Crippen MR) is 97.3 cm³/mol. The molecule has 5 nitrogen and oxygen atoms in total. The van der Waals surface area contributed by atoms with Crippen LogP contribution in [-0.4, -0.2) is 29.1 Å². The first-order chi connectivity index (χ1) is 11.0. The van der Waals surface area contributed by atoms with Gasteiger partial charge in [0.25, 0.3) is 0 Å². The molecule has 0 bridgehead atoms. The summed E-state index contributed by atoms with van der Waals surface area (Å²) < 4.78 is 39.4. The molecule has 0 aliphatic carbocycles. The van der Waals surface area contributed by atoms with E-state index >= 15 is 0 Å². The van der Waals surface area contributed by atoms with Crippen LogP contribution < -0.4 is 10.6 Å². The zero-order valence-electron chi connectivity index (χ0n) is 13.0. The number of aromatic nitrogens is 2. The third-order valence-electron chi connectivity index (χ3n) is 3.19. The first-order valence-corrected chi connectivity index (χ1v) is 7.05. The molecule has 0 amide bonds. The molecule has 2 N–H and O–H groups in total. The number of guanidine groups is 1. The highest BCUT2D eigenvalue weighted by Gasteiger charge is 2.29. The quantitative estimate of drug-likeness (QED) is 0.416. The summed E-state index contributed by atoms with van der Waals surface area (Å²) in [6, 6.07) is 5.06. The maximum Gasteiger partial charge on any atom is 0.416 e. The van der Waals surface area contributed by atoms with Gasteiger partial charge >= 0.3 is 6.18 Å². The van der Waals surface area contributed by atoms with Crippen molar-refractivity contribution in [3.8, 4) is 0 Å². The standard InChI is InChI=1S/C15H18F3N5.HI/c1-19-14(21-7-9-23-8-6-20-11-23)22-10-12-2-4-13(5-3-12)15(16,17)18;/h2-6,8,11H,7,9-10H2,1H3,(H2,19,21,22);1H. The summed E-state index contributed by atoms with van der Waals surface area (Å²) in [7, 11) is 1.64. The van der Waals surface area contributed by atoms with Gasteiger partial charge in [0.2, 0.25) is 0 Å². The molecule has 2 rings (SSSR count). The molecule has 0 aliphatic heterocycles. The minimum Gasteiger partial charge on any atom is -0.355 e. The van der Waals surface area contributed by atoms with Crippen LogP contribution >= 0.6 is 24.0 Å². The summed E-state index contributed by atoms with van der Waals surface area (Å²) in [5.74, 6) is 0.588. The van der Waals surface area contributed by atoms with Crippen LogP contribution in [0.25, 0.3) is 0 Å². The van der Waals surface area contributed by atoms with E-state index in [0.29, 0.717) is 19.0 Å². The van der Waals surface area contributed by atoms with Crippen LogP contribution in [0.4, 0.5) is 13.2 Å². The highest BCUT2D eigenvalue weighted by Crippen LogP contribution is 2.28. The van der Waals surface area contributed by atoms with Crippen molar-refractivity contribution >= 4 is 29.9 Å². The second-order valence-electron chi connectivity index (χ2n) is 4.85. The number of hydrogen-bond donors (Lipinski definition) is 2. The van der Waals surface area contributed by atoms with Crippen LogP contribution in [0.2, 0.25) is 0 Å². The van der Waals surface area contributed by atoms with Crippen molar-refractivity contribution < 1.29 is 13.2 Å². The van der Waals surface area contributed by atoms with Gasteiger partial charge in [-0.15, -0.1) is 24.0 Å². The Morgan fingerprint density at radius 3 is 2.46 bits per heavy atom. The van der Waals surface area contributed by atoms with E-state index in [-0.39, 0.29) is 24.0 Å². The van der Waals surface area contributed by atoms with E-state index < -0.39 is 11.7 Å². The molecular weight excluding hydrogens is 434 g/mol. The summed E-state index contributed by atoms with van der Waals surface area (Å²) in [5.41, 5.74) is 0.0969. The Morgan fingerprint density at radius 2 is 1.92 bits per heavy atom. The van der Waals surface area contributed by atoms with Gasteiger partial charge in [0.1, 0.15) is 0 Å². The fraction of sp³-hybridized carbons (Fsp3) is 0.333. The smallest absolute Gasteiger partial charge is 0.355 e. The molecule has 2 aromatic rings. The maximum absolute atomic E-state index is 12.5. The Kier molecular flexibility index (Phi) is 8.02. The second kappa shape index (κ2) is 9.50. The summed E-state index contributed by atoms with van der Waals surface area (Å²) in [6.07, 6.45) is 0.981. The molecule has 0 saturated carbocycles. The van der Waals surface area contributed by atoms with Crippen molar-refractivity contribution in [2.45, 2.75) is 19.3 Å². The molecule has 1 aromatic heterocycles. The summed E-state index contributed by atoms with van der Waals surface area (Å²) in [6.45, 7) is 1.78. The normalized spacial score (nSPS) is 11.8. The van der Waals surface area contributed by atoms with E-state index in [1.54, 1.807) is 19.6 Å². The molecule has 0 fully saturated rings. The van der Waals surface area contributed by atoms with Gasteiger partial charge in [-0.05, 0) is 17.7 Å². The van der Waals surface area contributed by atoms with Crippen molar-refractivity contribution in [1.82, 2.24) is 20.2 Å². The van der Waals surface area contributed by atoms with Crippen molar-refractivity contribution in [2.24, 2.45) is 4.99 Å². The minimum atomic E-state index is -4.31. The van der Waals surface area contributed by atoms with Gasteiger partial charge in [-0.2, -0.15) is 13.2 Å². The molecule has 1 heterocycles. The molecule has 132 valence electrons. The van der Waals surface area contributed by atoms with E-state index in [0.717, 1.165) is 24.2 Å². The number of alkyl halides is 3. The predicted octanol–water partition coefficient (Wildman–Crippen LogP) is 2.89. The third kappa shape index (κ3) is 6.38. The number of imidazole rings is 1. The van der Waals surface area contributed by atoms with Crippen molar-refractivity contribution in [2.75, 3.05) is 13.6 Å². The first kappa shape index (κ1) is 20.3. The number of hydrogen-bond acceptors (Lipinski definition) is 2. The lowest BCUT2D eigenvalue weighted by Crippen LogP contribution is -2.38. The average molecular weight is 453 g/mol. The lowest BCUT2D eigenvalue weighted by molar-refractivity contribution is -0.137. The average Bonchev–Trinajstić information content (AvgIpc) is 3.03. The van der Waals surface area contributed by atoms with Gasteiger partial charge < -0.3 is 15.2 Å².